The predicted octanol–water partition coefficient (Wildman–Crippen LogP) is 0.412. The van der Waals surface area contributed by atoms with Crippen molar-refractivity contribution >= 4 is 23.7 Å². The Hall–Kier alpha value is -2.91. The van der Waals surface area contributed by atoms with Gasteiger partial charge in [-0.25, -0.2) is 9.59 Å². The monoisotopic (exact) mass is 314 g/mol. The molecule has 1 amide bonds. The van der Waals surface area contributed by atoms with Gasteiger partial charge in [-0.2, -0.15) is 0 Å². The molecule has 0 aliphatic carbocycles. The van der Waals surface area contributed by atoms with Crippen LogP contribution in [0.15, 0.2) is 16.5 Å². The number of carbonyl (C=O) groups is 3. The molecule has 0 spiro atoms. The summed E-state index contributed by atoms with van der Waals surface area (Å²) in [6, 6.07) is 0.330. The number of rotatable bonds is 7. The Morgan fingerprint density at radius 1 is 1.23 bits per heavy atom. The fourth-order valence-electron chi connectivity index (χ4n) is 1.42. The third-order valence-corrected chi connectivity index (χ3v) is 2.32. The number of esters is 2. The SMILES string of the molecule is CCOC(=O)C(NC(=O)c1ccc([N+](=O)[O-])o1)C(=O)OCC. The highest BCUT2D eigenvalue weighted by Crippen LogP contribution is 2.15. The molecule has 22 heavy (non-hydrogen) atoms. The zero-order chi connectivity index (χ0) is 16.7. The highest BCUT2D eigenvalue weighted by molar-refractivity contribution is 6.05. The van der Waals surface area contributed by atoms with E-state index in [1.165, 1.54) is 13.8 Å². The van der Waals surface area contributed by atoms with Gasteiger partial charge in [-0.05, 0) is 19.9 Å². The van der Waals surface area contributed by atoms with E-state index >= 15 is 0 Å². The molecule has 0 bridgehead atoms. The molecule has 0 unspecified atom stereocenters. The van der Waals surface area contributed by atoms with Gasteiger partial charge in [-0.15, -0.1) is 0 Å². The Labute approximate surface area is 124 Å². The molecule has 10 nitrogen and oxygen atoms in total. The van der Waals surface area contributed by atoms with Crippen molar-refractivity contribution in [1.29, 1.82) is 0 Å². The van der Waals surface area contributed by atoms with E-state index in [-0.39, 0.29) is 13.2 Å². The number of ether oxygens (including phenoxy) is 2. The van der Waals surface area contributed by atoms with Gasteiger partial charge in [0.2, 0.25) is 6.04 Å². The number of nitro groups is 1. The average molecular weight is 314 g/mol. The van der Waals surface area contributed by atoms with Crippen LogP contribution in [-0.4, -0.2) is 42.0 Å². The fourth-order valence-corrected chi connectivity index (χ4v) is 1.42. The first-order valence-corrected chi connectivity index (χ1v) is 6.29. The molecule has 10 heteroatoms. The zero-order valence-corrected chi connectivity index (χ0v) is 11.9. The highest BCUT2D eigenvalue weighted by Gasteiger charge is 2.32. The second-order valence-electron chi connectivity index (χ2n) is 3.81. The lowest BCUT2D eigenvalue weighted by molar-refractivity contribution is -0.402. The van der Waals surface area contributed by atoms with Crippen molar-refractivity contribution < 1.29 is 33.2 Å². The van der Waals surface area contributed by atoms with Crippen LogP contribution in [0, 0.1) is 10.1 Å². The molecule has 0 aliphatic heterocycles. The van der Waals surface area contributed by atoms with Crippen molar-refractivity contribution in [2.24, 2.45) is 0 Å². The van der Waals surface area contributed by atoms with E-state index in [1.54, 1.807) is 0 Å². The summed E-state index contributed by atoms with van der Waals surface area (Å²) in [6.45, 7) is 3.04. The maximum absolute atomic E-state index is 11.9. The summed E-state index contributed by atoms with van der Waals surface area (Å²) in [4.78, 5) is 44.8. The number of amides is 1. The van der Waals surface area contributed by atoms with Crippen molar-refractivity contribution in [3.05, 3.63) is 28.0 Å². The second kappa shape index (κ2) is 7.76. The van der Waals surface area contributed by atoms with Crippen molar-refractivity contribution in [2.45, 2.75) is 19.9 Å². The Kier molecular flexibility index (Phi) is 6.05. The number of nitrogens with one attached hydrogen (secondary N) is 1. The Bertz CT molecular complexity index is 561. The third-order valence-electron chi connectivity index (χ3n) is 2.32. The fraction of sp³-hybridized carbons (Fsp3) is 0.417. The molecular weight excluding hydrogens is 300 g/mol. The predicted molar refractivity (Wildman–Crippen MR) is 69.9 cm³/mol. The molecule has 0 saturated carbocycles. The van der Waals surface area contributed by atoms with Gasteiger partial charge in [0.1, 0.15) is 4.92 Å². The summed E-state index contributed by atoms with van der Waals surface area (Å²) >= 11 is 0. The summed E-state index contributed by atoms with van der Waals surface area (Å²) in [7, 11) is 0. The van der Waals surface area contributed by atoms with Crippen LogP contribution in [0.4, 0.5) is 5.88 Å². The Morgan fingerprint density at radius 2 is 1.77 bits per heavy atom. The van der Waals surface area contributed by atoms with Crippen LogP contribution in [0.5, 0.6) is 0 Å². The number of carbonyl (C=O) groups excluding carboxylic acids is 3. The van der Waals surface area contributed by atoms with Crippen LogP contribution in [0.1, 0.15) is 24.4 Å². The first-order valence-electron chi connectivity index (χ1n) is 6.29. The molecule has 120 valence electrons. The molecule has 1 aromatic rings. The summed E-state index contributed by atoms with van der Waals surface area (Å²) in [5.41, 5.74) is 0. The van der Waals surface area contributed by atoms with Crippen LogP contribution >= 0.6 is 0 Å². The van der Waals surface area contributed by atoms with Crippen LogP contribution in [0.3, 0.4) is 0 Å². The smallest absolute Gasteiger partial charge is 0.433 e. The molecule has 1 rings (SSSR count). The molecule has 0 aliphatic rings. The minimum Gasteiger partial charge on any atom is -0.464 e. The minimum absolute atomic E-state index is 0.00314. The van der Waals surface area contributed by atoms with Crippen molar-refractivity contribution in [3.8, 4) is 0 Å². The molecule has 0 aromatic carbocycles. The van der Waals surface area contributed by atoms with Gasteiger partial charge in [0.05, 0.1) is 19.3 Å². The van der Waals surface area contributed by atoms with Gasteiger partial charge in [0, 0.05) is 0 Å². The Morgan fingerprint density at radius 3 is 2.18 bits per heavy atom. The van der Waals surface area contributed by atoms with E-state index in [9.17, 15) is 24.5 Å². The lowest BCUT2D eigenvalue weighted by Crippen LogP contribution is -2.48. The summed E-state index contributed by atoms with van der Waals surface area (Å²) in [5.74, 6) is -4.07. The first kappa shape index (κ1) is 17.1. The van der Waals surface area contributed by atoms with Gasteiger partial charge in [0.25, 0.3) is 5.91 Å². The normalized spacial score (nSPS) is 10.1. The van der Waals surface area contributed by atoms with Crippen LogP contribution in [0.25, 0.3) is 0 Å². The molecule has 1 heterocycles. The zero-order valence-electron chi connectivity index (χ0n) is 11.9. The second-order valence-corrected chi connectivity index (χ2v) is 3.81. The van der Waals surface area contributed by atoms with Crippen molar-refractivity contribution in [3.63, 3.8) is 0 Å². The highest BCUT2D eigenvalue weighted by atomic mass is 16.6. The summed E-state index contributed by atoms with van der Waals surface area (Å²) < 4.78 is 14.0. The maximum atomic E-state index is 11.9. The Balaban J connectivity index is 2.87. The molecule has 0 saturated heterocycles. The lowest BCUT2D eigenvalue weighted by Gasteiger charge is -2.14. The van der Waals surface area contributed by atoms with Crippen molar-refractivity contribution in [1.82, 2.24) is 5.32 Å². The van der Waals surface area contributed by atoms with E-state index in [1.807, 2.05) is 0 Å². The molecule has 1 aromatic heterocycles. The summed E-state index contributed by atoms with van der Waals surface area (Å²) in [6.07, 6.45) is 0. The van der Waals surface area contributed by atoms with Gasteiger partial charge in [-0.3, -0.25) is 14.9 Å². The van der Waals surface area contributed by atoms with E-state index in [0.717, 1.165) is 12.1 Å². The minimum atomic E-state index is -1.68. The van der Waals surface area contributed by atoms with Gasteiger partial charge in [0.15, 0.2) is 5.76 Å². The van der Waals surface area contributed by atoms with Crippen LogP contribution in [-0.2, 0) is 19.1 Å². The van der Waals surface area contributed by atoms with E-state index < -0.39 is 40.5 Å². The van der Waals surface area contributed by atoms with Crippen molar-refractivity contribution in [2.75, 3.05) is 13.2 Å². The molecule has 0 atom stereocenters. The average Bonchev–Trinajstić information content (AvgIpc) is 2.95. The maximum Gasteiger partial charge on any atom is 0.433 e. The first-order chi connectivity index (χ1) is 10.4. The molecule has 0 fully saturated rings. The topological polar surface area (TPSA) is 138 Å². The van der Waals surface area contributed by atoms with E-state index in [4.69, 9.17) is 0 Å². The summed E-state index contributed by atoms with van der Waals surface area (Å²) in [5, 5.41) is 12.5. The number of furan rings is 1. The van der Waals surface area contributed by atoms with Gasteiger partial charge < -0.3 is 19.2 Å². The quantitative estimate of drug-likeness (QED) is 0.330. The number of nitrogens with zero attached hydrogens (tertiary/aromatic N) is 1. The molecular formula is C12H14N2O8. The lowest BCUT2D eigenvalue weighted by atomic mass is 10.3. The standard InChI is InChI=1S/C12H14N2O8/c1-3-20-11(16)9(12(17)21-4-2)13-10(15)7-5-6-8(22-7)14(18)19/h5-6,9H,3-4H2,1-2H3,(H,13,15). The van der Waals surface area contributed by atoms with E-state index in [2.05, 4.69) is 19.2 Å². The third kappa shape index (κ3) is 4.30. The van der Waals surface area contributed by atoms with Gasteiger partial charge >= 0.3 is 17.8 Å². The van der Waals surface area contributed by atoms with Crippen LogP contribution in [0.2, 0.25) is 0 Å². The molecule has 0 radical (unpaired) electrons. The molecule has 1 N–H and O–H groups in total. The van der Waals surface area contributed by atoms with Gasteiger partial charge in [-0.1, -0.05) is 0 Å². The number of hydrogen-bond donors (Lipinski definition) is 1. The largest absolute Gasteiger partial charge is 0.464 e. The number of hydrogen-bond acceptors (Lipinski definition) is 8. The van der Waals surface area contributed by atoms with E-state index in [0.29, 0.717) is 0 Å². The van der Waals surface area contributed by atoms with Crippen LogP contribution < -0.4 is 5.32 Å².